The molecule has 3 nitrogen and oxygen atoms in total. The summed E-state index contributed by atoms with van der Waals surface area (Å²) in [5, 5.41) is 0. The molecule has 2 aliphatic rings. The van der Waals surface area contributed by atoms with E-state index in [4.69, 9.17) is 9.47 Å². The van der Waals surface area contributed by atoms with Gasteiger partial charge in [0.2, 0.25) is 0 Å². The molecule has 1 aliphatic heterocycles. The Balaban J connectivity index is 1.04. The molecule has 35 heavy (non-hydrogen) atoms. The molecular formula is C31H37NO2S. The number of rotatable bonds is 8. The molecule has 1 heterocycles. The molecule has 1 saturated heterocycles. The van der Waals surface area contributed by atoms with Crippen molar-refractivity contribution < 1.29 is 9.47 Å². The van der Waals surface area contributed by atoms with Crippen LogP contribution in [0, 0.1) is 12.8 Å². The summed E-state index contributed by atoms with van der Waals surface area (Å²) in [4.78, 5) is 1.28. The summed E-state index contributed by atoms with van der Waals surface area (Å²) >= 11 is 1.85. The van der Waals surface area contributed by atoms with Gasteiger partial charge in [0, 0.05) is 18.0 Å². The first-order chi connectivity index (χ1) is 17.2. The van der Waals surface area contributed by atoms with Crippen molar-refractivity contribution in [2.75, 3.05) is 19.7 Å². The van der Waals surface area contributed by atoms with Gasteiger partial charge < -0.3 is 9.47 Å². The lowest BCUT2D eigenvalue weighted by Crippen LogP contribution is -2.34. The van der Waals surface area contributed by atoms with E-state index < -0.39 is 0 Å². The first-order valence-electron chi connectivity index (χ1n) is 13.2. The third-order valence-electron chi connectivity index (χ3n) is 7.21. The van der Waals surface area contributed by atoms with Crippen molar-refractivity contribution in [1.29, 1.82) is 0 Å². The quantitative estimate of drug-likeness (QED) is 0.299. The van der Waals surface area contributed by atoms with Crippen molar-refractivity contribution in [1.82, 2.24) is 4.31 Å². The maximum atomic E-state index is 6.30. The average molecular weight is 488 g/mol. The molecule has 4 heteroatoms. The van der Waals surface area contributed by atoms with Crippen LogP contribution in [0.15, 0.2) is 77.7 Å². The van der Waals surface area contributed by atoms with E-state index in [0.29, 0.717) is 0 Å². The van der Waals surface area contributed by atoms with Crippen molar-refractivity contribution in [3.63, 3.8) is 0 Å². The van der Waals surface area contributed by atoms with Crippen molar-refractivity contribution in [2.24, 2.45) is 5.92 Å². The van der Waals surface area contributed by atoms with Crippen LogP contribution < -0.4 is 9.47 Å². The van der Waals surface area contributed by atoms with Crippen molar-refractivity contribution in [3.8, 4) is 22.6 Å². The van der Waals surface area contributed by atoms with Gasteiger partial charge in [-0.2, -0.15) is 0 Å². The van der Waals surface area contributed by atoms with Gasteiger partial charge in [-0.1, -0.05) is 61.2 Å². The Morgan fingerprint density at radius 3 is 1.97 bits per heavy atom. The second-order valence-corrected chi connectivity index (χ2v) is 11.2. The minimum Gasteiger partial charge on any atom is -0.493 e. The van der Waals surface area contributed by atoms with Crippen LogP contribution in [0.4, 0.5) is 0 Å². The number of hydrogen-bond donors (Lipinski definition) is 0. The number of piperidine rings is 1. The van der Waals surface area contributed by atoms with E-state index in [1.54, 1.807) is 0 Å². The highest BCUT2D eigenvalue weighted by Crippen LogP contribution is 2.30. The van der Waals surface area contributed by atoms with Gasteiger partial charge >= 0.3 is 0 Å². The summed E-state index contributed by atoms with van der Waals surface area (Å²) in [5.41, 5.74) is 3.76. The molecule has 0 spiro atoms. The monoisotopic (exact) mass is 487 g/mol. The molecule has 0 aromatic heterocycles. The molecule has 2 fully saturated rings. The van der Waals surface area contributed by atoms with E-state index in [1.807, 2.05) is 11.9 Å². The fourth-order valence-electron chi connectivity index (χ4n) is 5.02. The molecule has 184 valence electrons. The number of nitrogens with zero attached hydrogens (tertiary/aromatic N) is 1. The van der Waals surface area contributed by atoms with E-state index >= 15 is 0 Å². The van der Waals surface area contributed by atoms with Gasteiger partial charge in [0.15, 0.2) is 0 Å². The maximum absolute atomic E-state index is 6.30. The van der Waals surface area contributed by atoms with Crippen LogP contribution in [-0.2, 0) is 0 Å². The fourth-order valence-corrected chi connectivity index (χ4v) is 5.97. The van der Waals surface area contributed by atoms with Crippen LogP contribution in [0.1, 0.15) is 50.5 Å². The molecule has 0 amide bonds. The van der Waals surface area contributed by atoms with E-state index in [9.17, 15) is 0 Å². The molecule has 5 rings (SSSR count). The molecule has 3 aromatic carbocycles. The molecule has 1 aliphatic carbocycles. The minimum absolute atomic E-state index is 0.285. The van der Waals surface area contributed by atoms with E-state index in [2.05, 4.69) is 84.0 Å². The van der Waals surface area contributed by atoms with Gasteiger partial charge in [-0.25, -0.2) is 4.31 Å². The number of ether oxygens (including phenoxy) is 2. The Hall–Kier alpha value is -2.43. The lowest BCUT2D eigenvalue weighted by atomic mass is 9.90. The number of aryl methyl sites for hydroxylation is 1. The minimum atomic E-state index is 0.285. The van der Waals surface area contributed by atoms with Crippen LogP contribution in [0.2, 0.25) is 0 Å². The van der Waals surface area contributed by atoms with Crippen molar-refractivity contribution in [3.05, 3.63) is 78.4 Å². The Kier molecular flexibility index (Phi) is 8.33. The van der Waals surface area contributed by atoms with Gasteiger partial charge in [-0.3, -0.25) is 0 Å². The Morgan fingerprint density at radius 2 is 1.31 bits per heavy atom. The van der Waals surface area contributed by atoms with Crippen LogP contribution >= 0.6 is 11.9 Å². The number of benzene rings is 3. The SMILES string of the molecule is Cc1ccc(-c2ccc(OC3CCN(Sc4ccc(OCC5CCCCC5)cc4)CC3)cc2)cc1. The maximum Gasteiger partial charge on any atom is 0.119 e. The van der Waals surface area contributed by atoms with E-state index in [-0.39, 0.29) is 6.10 Å². The normalized spacial score (nSPS) is 17.9. The Labute approximate surface area is 215 Å². The lowest BCUT2D eigenvalue weighted by Gasteiger charge is -2.31. The summed E-state index contributed by atoms with van der Waals surface area (Å²) < 4.78 is 14.8. The fraction of sp³-hybridized carbons (Fsp3) is 0.419. The van der Waals surface area contributed by atoms with E-state index in [1.165, 1.54) is 53.7 Å². The standard InChI is InChI=1S/C31H37NO2S/c1-24-7-9-26(10-8-24)27-11-13-29(14-12-27)34-30-19-21-32(22-20-30)35-31-17-15-28(16-18-31)33-23-25-5-3-2-4-6-25/h7-18,25,30H,2-6,19-23H2,1H3. The highest BCUT2D eigenvalue weighted by Gasteiger charge is 2.21. The zero-order valence-corrected chi connectivity index (χ0v) is 21.6. The second kappa shape index (κ2) is 12.0. The summed E-state index contributed by atoms with van der Waals surface area (Å²) in [6.07, 6.45) is 9.17. The zero-order chi connectivity index (χ0) is 23.9. The smallest absolute Gasteiger partial charge is 0.119 e. The summed E-state index contributed by atoms with van der Waals surface area (Å²) in [6, 6.07) is 25.8. The Morgan fingerprint density at radius 1 is 0.714 bits per heavy atom. The summed E-state index contributed by atoms with van der Waals surface area (Å²) in [6.45, 7) is 5.07. The number of hydrogen-bond acceptors (Lipinski definition) is 4. The van der Waals surface area contributed by atoms with Gasteiger partial charge in [0.05, 0.1) is 6.61 Å². The van der Waals surface area contributed by atoms with Crippen molar-refractivity contribution >= 4 is 11.9 Å². The van der Waals surface area contributed by atoms with Gasteiger partial charge in [0.1, 0.15) is 17.6 Å². The molecule has 0 N–H and O–H groups in total. The molecule has 0 radical (unpaired) electrons. The van der Waals surface area contributed by atoms with Crippen LogP contribution in [-0.4, -0.2) is 30.1 Å². The second-order valence-electron chi connectivity index (χ2n) is 10.0. The predicted octanol–water partition coefficient (Wildman–Crippen LogP) is 8.17. The van der Waals surface area contributed by atoms with Crippen LogP contribution in [0.25, 0.3) is 11.1 Å². The molecular weight excluding hydrogens is 450 g/mol. The molecule has 0 unspecified atom stereocenters. The molecule has 3 aromatic rings. The molecule has 1 saturated carbocycles. The van der Waals surface area contributed by atoms with Gasteiger partial charge in [-0.05, 0) is 98.0 Å². The molecule has 0 bridgehead atoms. The molecule has 0 atom stereocenters. The first kappa shape index (κ1) is 24.3. The Bertz CT molecular complexity index is 1030. The highest BCUT2D eigenvalue weighted by atomic mass is 32.2. The first-order valence-corrected chi connectivity index (χ1v) is 14.0. The predicted molar refractivity (Wildman–Crippen MR) is 146 cm³/mol. The summed E-state index contributed by atoms with van der Waals surface area (Å²) in [7, 11) is 0. The van der Waals surface area contributed by atoms with Crippen LogP contribution in [0.3, 0.4) is 0 Å². The van der Waals surface area contributed by atoms with Crippen LogP contribution in [0.5, 0.6) is 11.5 Å². The average Bonchev–Trinajstić information content (AvgIpc) is 2.91. The largest absolute Gasteiger partial charge is 0.493 e. The van der Waals surface area contributed by atoms with E-state index in [0.717, 1.165) is 50.0 Å². The van der Waals surface area contributed by atoms with Gasteiger partial charge in [0.25, 0.3) is 0 Å². The zero-order valence-electron chi connectivity index (χ0n) is 20.8. The highest BCUT2D eigenvalue weighted by molar-refractivity contribution is 7.97. The summed E-state index contributed by atoms with van der Waals surface area (Å²) in [5.74, 6) is 2.71. The van der Waals surface area contributed by atoms with Gasteiger partial charge in [-0.15, -0.1) is 0 Å². The lowest BCUT2D eigenvalue weighted by molar-refractivity contribution is 0.139. The third kappa shape index (κ3) is 7.05. The topological polar surface area (TPSA) is 21.7 Å². The van der Waals surface area contributed by atoms with Crippen molar-refractivity contribution in [2.45, 2.75) is 62.9 Å². The third-order valence-corrected chi connectivity index (χ3v) is 8.32.